The number of rotatable bonds is 19. The molecule has 0 radical (unpaired) electrons. The summed E-state index contributed by atoms with van der Waals surface area (Å²) in [4.78, 5) is 0. The predicted molar refractivity (Wildman–Crippen MR) is 156 cm³/mol. The summed E-state index contributed by atoms with van der Waals surface area (Å²) in [7, 11) is 0. The molecule has 2 rings (SSSR count). The minimum Gasteiger partial charge on any atom is -0.494 e. The zero-order valence-corrected chi connectivity index (χ0v) is 22.9. The zero-order valence-electron chi connectivity index (χ0n) is 21.3. The molecule has 0 aromatic heterocycles. The van der Waals surface area contributed by atoms with Crippen molar-refractivity contribution in [2.45, 2.75) is 77.0 Å². The lowest BCUT2D eigenvalue weighted by Gasteiger charge is -2.08. The molecule has 2 aromatic rings. The fraction of sp³-hybridized carbons (Fsp3) is 0.500. The third kappa shape index (κ3) is 16.3. The van der Waals surface area contributed by atoms with Gasteiger partial charge in [0.25, 0.3) is 0 Å². The maximum absolute atomic E-state index is 7.29. The molecule has 6 N–H and O–H groups in total. The van der Waals surface area contributed by atoms with Gasteiger partial charge in [-0.25, -0.2) is 0 Å². The number of unbranched alkanes of at least 4 members (excludes halogenated alkanes) is 7. The molecule has 0 aliphatic rings. The van der Waals surface area contributed by atoms with Crippen molar-refractivity contribution in [3.8, 4) is 11.5 Å². The third-order valence-corrected chi connectivity index (χ3v) is 5.79. The van der Waals surface area contributed by atoms with Crippen LogP contribution in [0.3, 0.4) is 0 Å². The maximum atomic E-state index is 7.29. The van der Waals surface area contributed by atoms with Crippen LogP contribution in [-0.4, -0.2) is 24.9 Å². The van der Waals surface area contributed by atoms with Crippen LogP contribution in [0.25, 0.3) is 0 Å². The van der Waals surface area contributed by atoms with Gasteiger partial charge in [-0.2, -0.15) is 0 Å². The molecule has 0 unspecified atom stereocenters. The van der Waals surface area contributed by atoms with Crippen LogP contribution in [0.4, 0.5) is 0 Å². The lowest BCUT2D eigenvalue weighted by atomic mass is 10.1. The van der Waals surface area contributed by atoms with Gasteiger partial charge in [0.05, 0.1) is 24.9 Å². The second kappa shape index (κ2) is 20.7. The number of nitrogens with one attached hydrogen (secondary N) is 2. The summed E-state index contributed by atoms with van der Waals surface area (Å²) in [6.45, 7) is 1.53. The van der Waals surface area contributed by atoms with E-state index < -0.39 is 0 Å². The number of nitrogens with two attached hydrogens (primary N) is 2. The SMILES string of the molecule is Cl.Cl.N=C(N)CCc1ccc(OCCCCCCCCCCOc2ccc(CCC(=N)N)cc2)cc1. The van der Waals surface area contributed by atoms with Gasteiger partial charge in [-0.15, -0.1) is 24.8 Å². The smallest absolute Gasteiger partial charge is 0.119 e. The summed E-state index contributed by atoms with van der Waals surface area (Å²) in [5, 5.41) is 14.6. The van der Waals surface area contributed by atoms with E-state index in [-0.39, 0.29) is 36.5 Å². The van der Waals surface area contributed by atoms with E-state index in [0.29, 0.717) is 12.8 Å². The number of aryl methyl sites for hydroxylation is 2. The highest BCUT2D eigenvalue weighted by Gasteiger charge is 2.00. The van der Waals surface area contributed by atoms with Crippen LogP contribution in [0.1, 0.15) is 75.3 Å². The molecule has 0 heterocycles. The number of hydrogen-bond donors (Lipinski definition) is 4. The molecule has 0 bridgehead atoms. The average Bonchev–Trinajstić information content (AvgIpc) is 2.83. The van der Waals surface area contributed by atoms with Crippen LogP contribution in [0.2, 0.25) is 0 Å². The van der Waals surface area contributed by atoms with Gasteiger partial charge in [-0.1, -0.05) is 62.8 Å². The fourth-order valence-corrected chi connectivity index (χ4v) is 3.71. The highest BCUT2D eigenvalue weighted by atomic mass is 35.5. The van der Waals surface area contributed by atoms with Crippen LogP contribution < -0.4 is 20.9 Å². The summed E-state index contributed by atoms with van der Waals surface area (Å²) < 4.78 is 11.7. The van der Waals surface area contributed by atoms with E-state index >= 15 is 0 Å². The normalized spacial score (nSPS) is 10.1. The predicted octanol–water partition coefficient (Wildman–Crippen LogP) is 6.85. The molecule has 0 atom stereocenters. The summed E-state index contributed by atoms with van der Waals surface area (Å²) in [6, 6.07) is 16.2. The minimum absolute atomic E-state index is 0. The second-order valence-corrected chi connectivity index (χ2v) is 8.86. The molecule has 0 amide bonds. The molecule has 8 heteroatoms. The van der Waals surface area contributed by atoms with Crippen molar-refractivity contribution in [3.05, 3.63) is 59.7 Å². The first-order valence-electron chi connectivity index (χ1n) is 12.6. The molecule has 0 aliphatic carbocycles. The lowest BCUT2D eigenvalue weighted by molar-refractivity contribution is 0.301. The molecule has 202 valence electrons. The van der Waals surface area contributed by atoms with Crippen molar-refractivity contribution in [1.82, 2.24) is 0 Å². The summed E-state index contributed by atoms with van der Waals surface area (Å²) in [6.07, 6.45) is 12.5. The van der Waals surface area contributed by atoms with Gasteiger partial charge in [-0.05, 0) is 61.1 Å². The van der Waals surface area contributed by atoms with Crippen molar-refractivity contribution in [3.63, 3.8) is 0 Å². The van der Waals surface area contributed by atoms with E-state index in [1.807, 2.05) is 24.3 Å². The molecule has 6 nitrogen and oxygen atoms in total. The van der Waals surface area contributed by atoms with E-state index in [1.165, 1.54) is 49.7 Å². The zero-order chi connectivity index (χ0) is 24.4. The second-order valence-electron chi connectivity index (χ2n) is 8.86. The maximum Gasteiger partial charge on any atom is 0.119 e. The molecule has 0 aliphatic heterocycles. The Labute approximate surface area is 229 Å². The number of amidine groups is 2. The Morgan fingerprint density at radius 3 is 1.14 bits per heavy atom. The first-order valence-corrected chi connectivity index (χ1v) is 12.6. The Kier molecular flexibility index (Phi) is 19.3. The average molecular weight is 540 g/mol. The van der Waals surface area contributed by atoms with Crippen molar-refractivity contribution in [2.24, 2.45) is 11.5 Å². The molecular formula is C28H44Cl2N4O2. The van der Waals surface area contributed by atoms with E-state index in [4.69, 9.17) is 31.8 Å². The Hall–Kier alpha value is -2.44. The monoisotopic (exact) mass is 538 g/mol. The molecule has 36 heavy (non-hydrogen) atoms. The Bertz CT molecular complexity index is 774. The molecular weight excluding hydrogens is 495 g/mol. The van der Waals surface area contributed by atoms with Crippen LogP contribution in [-0.2, 0) is 12.8 Å². The van der Waals surface area contributed by atoms with Crippen LogP contribution in [0, 0.1) is 10.8 Å². The minimum atomic E-state index is 0. The van der Waals surface area contributed by atoms with Gasteiger partial charge < -0.3 is 20.9 Å². The van der Waals surface area contributed by atoms with Crippen molar-refractivity contribution in [2.75, 3.05) is 13.2 Å². The van der Waals surface area contributed by atoms with Gasteiger partial charge in [-0.3, -0.25) is 10.8 Å². The first kappa shape index (κ1) is 33.6. The Balaban J connectivity index is 0.00000612. The van der Waals surface area contributed by atoms with Gasteiger partial charge >= 0.3 is 0 Å². The standard InChI is InChI=1S/C28H42N4O2.2ClH/c29-27(30)19-13-23-9-15-25(16-10-23)33-21-7-5-3-1-2-4-6-8-22-34-26-17-11-24(12-18-26)14-20-28(31)32;;/h9-12,15-18H,1-8,13-14,19-22H2,(H3,29,30)(H3,31,32);2*1H. The van der Waals surface area contributed by atoms with Gasteiger partial charge in [0.1, 0.15) is 11.5 Å². The van der Waals surface area contributed by atoms with Crippen LogP contribution in [0.5, 0.6) is 11.5 Å². The van der Waals surface area contributed by atoms with Gasteiger partial charge in [0.2, 0.25) is 0 Å². The van der Waals surface area contributed by atoms with E-state index in [2.05, 4.69) is 24.3 Å². The highest BCUT2D eigenvalue weighted by molar-refractivity contribution is 5.85. The van der Waals surface area contributed by atoms with Crippen LogP contribution in [0.15, 0.2) is 48.5 Å². The summed E-state index contributed by atoms with van der Waals surface area (Å²) in [5.41, 5.74) is 13.2. The highest BCUT2D eigenvalue weighted by Crippen LogP contribution is 2.16. The number of ether oxygens (including phenoxy) is 2. The van der Waals surface area contributed by atoms with Crippen molar-refractivity contribution >= 4 is 36.5 Å². The van der Waals surface area contributed by atoms with Gasteiger partial charge in [0.15, 0.2) is 0 Å². The van der Waals surface area contributed by atoms with Crippen LogP contribution >= 0.6 is 24.8 Å². The molecule has 0 spiro atoms. The number of benzene rings is 2. The Morgan fingerprint density at radius 2 is 0.833 bits per heavy atom. The first-order chi connectivity index (χ1) is 16.5. The van der Waals surface area contributed by atoms with E-state index in [9.17, 15) is 0 Å². The van der Waals surface area contributed by atoms with E-state index in [0.717, 1.165) is 50.4 Å². The van der Waals surface area contributed by atoms with Crippen molar-refractivity contribution in [1.29, 1.82) is 10.8 Å². The number of hydrogen-bond acceptors (Lipinski definition) is 4. The fourth-order valence-electron chi connectivity index (χ4n) is 3.71. The molecule has 0 fully saturated rings. The quantitative estimate of drug-likeness (QED) is 0.0887. The Morgan fingerprint density at radius 1 is 0.528 bits per heavy atom. The van der Waals surface area contributed by atoms with Gasteiger partial charge in [0, 0.05) is 12.8 Å². The summed E-state index contributed by atoms with van der Waals surface area (Å²) in [5.74, 6) is 2.29. The third-order valence-electron chi connectivity index (χ3n) is 5.79. The molecule has 0 saturated carbocycles. The summed E-state index contributed by atoms with van der Waals surface area (Å²) >= 11 is 0. The number of halogens is 2. The topological polar surface area (TPSA) is 118 Å². The molecule has 2 aromatic carbocycles. The largest absolute Gasteiger partial charge is 0.494 e. The van der Waals surface area contributed by atoms with E-state index in [1.54, 1.807) is 0 Å². The van der Waals surface area contributed by atoms with Crippen molar-refractivity contribution < 1.29 is 9.47 Å². The lowest BCUT2D eigenvalue weighted by Crippen LogP contribution is -2.10. The molecule has 0 saturated heterocycles.